The van der Waals surface area contributed by atoms with Crippen molar-refractivity contribution in [3.05, 3.63) is 70.8 Å². The van der Waals surface area contributed by atoms with Crippen LogP contribution in [0.2, 0.25) is 0 Å². The highest BCUT2D eigenvalue weighted by molar-refractivity contribution is 6.08. The summed E-state index contributed by atoms with van der Waals surface area (Å²) in [7, 11) is 1.28. The first kappa shape index (κ1) is 20.3. The molecule has 0 fully saturated rings. The number of furan rings is 1. The Labute approximate surface area is 178 Å². The Morgan fingerprint density at radius 1 is 1.10 bits per heavy atom. The van der Waals surface area contributed by atoms with Gasteiger partial charge in [0.25, 0.3) is 11.6 Å². The fourth-order valence-electron chi connectivity index (χ4n) is 3.55. The Balaban J connectivity index is 1.80. The first-order chi connectivity index (χ1) is 14.9. The number of carbonyl (C=O) groups excluding carboxylic acids is 2. The molecule has 3 aromatic heterocycles. The van der Waals surface area contributed by atoms with Crippen molar-refractivity contribution in [1.82, 2.24) is 15.5 Å². The molecule has 0 saturated carbocycles. The number of aromatic nitrogens is 2. The zero-order chi connectivity index (χ0) is 22.1. The van der Waals surface area contributed by atoms with Crippen LogP contribution in [0.15, 0.2) is 51.4 Å². The first-order valence-electron chi connectivity index (χ1n) is 9.67. The maximum Gasteiger partial charge on any atom is 0.333 e. The van der Waals surface area contributed by atoms with E-state index in [1.54, 1.807) is 37.3 Å². The highest BCUT2D eigenvalue weighted by atomic mass is 16.5. The molecule has 0 aliphatic rings. The van der Waals surface area contributed by atoms with Gasteiger partial charge in [0.1, 0.15) is 11.5 Å². The van der Waals surface area contributed by atoms with E-state index in [4.69, 9.17) is 13.7 Å². The number of carbonyl (C=O) groups is 2. The van der Waals surface area contributed by atoms with E-state index in [1.165, 1.54) is 7.11 Å². The minimum atomic E-state index is -0.969. The van der Waals surface area contributed by atoms with Gasteiger partial charge in [0.05, 0.1) is 29.4 Å². The maximum atomic E-state index is 13.3. The second kappa shape index (κ2) is 8.06. The molecule has 4 rings (SSSR count). The summed E-state index contributed by atoms with van der Waals surface area (Å²) in [4.78, 5) is 30.3. The predicted octanol–water partition coefficient (Wildman–Crippen LogP) is 4.05. The topological polar surface area (TPSA) is 107 Å². The highest BCUT2D eigenvalue weighted by Crippen LogP contribution is 2.30. The van der Waals surface area contributed by atoms with E-state index in [-0.39, 0.29) is 5.71 Å². The Morgan fingerprint density at radius 2 is 1.84 bits per heavy atom. The standard InChI is InChI=1S/C23H21N3O5/c1-12-10-16(14(3)30-12)18-11-17(19-13(2)26-31-22(19)24-18)21(27)25-20(23(28)29-4)15-8-6-5-7-9-15/h5-11,20H,1-4H3,(H,25,27). The van der Waals surface area contributed by atoms with Gasteiger partial charge in [-0.25, -0.2) is 9.78 Å². The van der Waals surface area contributed by atoms with Gasteiger partial charge >= 0.3 is 5.97 Å². The number of rotatable bonds is 5. The Kier molecular flexibility index (Phi) is 5.29. The Hall–Kier alpha value is -3.94. The number of hydrogen-bond acceptors (Lipinski definition) is 7. The number of aryl methyl sites for hydroxylation is 3. The summed E-state index contributed by atoms with van der Waals surface area (Å²) < 4.78 is 15.9. The van der Waals surface area contributed by atoms with Crippen LogP contribution in [0.1, 0.15) is 39.2 Å². The second-order valence-corrected chi connectivity index (χ2v) is 7.17. The van der Waals surface area contributed by atoms with Gasteiger partial charge in [0.2, 0.25) is 0 Å². The quantitative estimate of drug-likeness (QED) is 0.486. The average molecular weight is 419 g/mol. The SMILES string of the molecule is COC(=O)C(NC(=O)c1cc(-c2cc(C)oc2C)nc2onc(C)c12)c1ccccc1. The number of nitrogens with zero attached hydrogens (tertiary/aromatic N) is 2. The third-order valence-corrected chi connectivity index (χ3v) is 5.02. The van der Waals surface area contributed by atoms with Gasteiger partial charge < -0.3 is 19.0 Å². The van der Waals surface area contributed by atoms with Crippen LogP contribution in [-0.4, -0.2) is 29.1 Å². The number of benzene rings is 1. The zero-order valence-electron chi connectivity index (χ0n) is 17.6. The molecule has 0 spiro atoms. The lowest BCUT2D eigenvalue weighted by Gasteiger charge is -2.17. The molecule has 0 saturated heterocycles. The smallest absolute Gasteiger partial charge is 0.333 e. The van der Waals surface area contributed by atoms with Crippen LogP contribution in [0, 0.1) is 20.8 Å². The summed E-state index contributed by atoms with van der Waals surface area (Å²) in [5, 5.41) is 7.21. The maximum absolute atomic E-state index is 13.3. The Morgan fingerprint density at radius 3 is 2.48 bits per heavy atom. The van der Waals surface area contributed by atoms with Crippen molar-refractivity contribution in [2.24, 2.45) is 0 Å². The normalized spacial score (nSPS) is 12.0. The average Bonchev–Trinajstić information content (AvgIpc) is 3.32. The van der Waals surface area contributed by atoms with Crippen LogP contribution in [0.5, 0.6) is 0 Å². The molecule has 1 N–H and O–H groups in total. The lowest BCUT2D eigenvalue weighted by atomic mass is 10.0. The van der Waals surface area contributed by atoms with Gasteiger partial charge in [-0.2, -0.15) is 0 Å². The summed E-state index contributed by atoms with van der Waals surface area (Å²) in [6.45, 7) is 5.39. The molecule has 8 heteroatoms. The summed E-state index contributed by atoms with van der Waals surface area (Å²) in [6.07, 6.45) is 0. The number of esters is 1. The van der Waals surface area contributed by atoms with Crippen LogP contribution in [0.4, 0.5) is 0 Å². The number of ether oxygens (including phenoxy) is 1. The molecule has 31 heavy (non-hydrogen) atoms. The number of amides is 1. The summed E-state index contributed by atoms with van der Waals surface area (Å²) >= 11 is 0. The van der Waals surface area contributed by atoms with E-state index in [0.29, 0.717) is 33.7 Å². The van der Waals surface area contributed by atoms with Crippen molar-refractivity contribution in [2.75, 3.05) is 7.11 Å². The first-order valence-corrected chi connectivity index (χ1v) is 9.67. The number of hydrogen-bond donors (Lipinski definition) is 1. The number of methoxy groups -OCH3 is 1. The molecule has 1 atom stereocenters. The largest absolute Gasteiger partial charge is 0.467 e. The van der Waals surface area contributed by atoms with Crippen LogP contribution in [0.3, 0.4) is 0 Å². The number of nitrogens with one attached hydrogen (secondary N) is 1. The van der Waals surface area contributed by atoms with Gasteiger partial charge in [-0.3, -0.25) is 4.79 Å². The van der Waals surface area contributed by atoms with Gasteiger partial charge in [-0.15, -0.1) is 0 Å². The number of fused-ring (bicyclic) bond motifs is 1. The molecule has 158 valence electrons. The molecule has 1 amide bonds. The minimum absolute atomic E-state index is 0.229. The van der Waals surface area contributed by atoms with Crippen LogP contribution < -0.4 is 5.32 Å². The van der Waals surface area contributed by atoms with Crippen molar-refractivity contribution < 1.29 is 23.3 Å². The third kappa shape index (κ3) is 3.79. The van der Waals surface area contributed by atoms with Gasteiger partial charge in [0.15, 0.2) is 6.04 Å². The summed E-state index contributed by atoms with van der Waals surface area (Å²) in [5.74, 6) is 0.346. The Bertz CT molecular complexity index is 1270. The fourth-order valence-corrected chi connectivity index (χ4v) is 3.55. The molecule has 1 unspecified atom stereocenters. The van der Waals surface area contributed by atoms with Crippen molar-refractivity contribution in [3.8, 4) is 11.3 Å². The molecule has 0 aliphatic heterocycles. The van der Waals surface area contributed by atoms with Crippen molar-refractivity contribution in [2.45, 2.75) is 26.8 Å². The van der Waals surface area contributed by atoms with Crippen molar-refractivity contribution >= 4 is 23.0 Å². The third-order valence-electron chi connectivity index (χ3n) is 5.02. The monoisotopic (exact) mass is 419 g/mol. The van der Waals surface area contributed by atoms with E-state index < -0.39 is 17.9 Å². The zero-order valence-corrected chi connectivity index (χ0v) is 17.6. The van der Waals surface area contributed by atoms with Gasteiger partial charge in [-0.05, 0) is 38.5 Å². The molecule has 4 aromatic rings. The molecular formula is C23H21N3O5. The summed E-state index contributed by atoms with van der Waals surface area (Å²) in [5.41, 5.74) is 2.91. The van der Waals surface area contributed by atoms with E-state index in [2.05, 4.69) is 15.5 Å². The fraction of sp³-hybridized carbons (Fsp3) is 0.217. The van der Waals surface area contributed by atoms with E-state index >= 15 is 0 Å². The molecule has 0 radical (unpaired) electrons. The van der Waals surface area contributed by atoms with Gasteiger partial charge in [0, 0.05) is 5.56 Å². The van der Waals surface area contributed by atoms with E-state index in [1.807, 2.05) is 26.0 Å². The lowest BCUT2D eigenvalue weighted by Crippen LogP contribution is -2.34. The van der Waals surface area contributed by atoms with Crippen LogP contribution in [0.25, 0.3) is 22.4 Å². The van der Waals surface area contributed by atoms with Crippen LogP contribution in [-0.2, 0) is 9.53 Å². The van der Waals surface area contributed by atoms with Crippen molar-refractivity contribution in [1.29, 1.82) is 0 Å². The van der Waals surface area contributed by atoms with E-state index in [9.17, 15) is 9.59 Å². The summed E-state index contributed by atoms with van der Waals surface area (Å²) in [6, 6.07) is 11.4. The number of pyridine rings is 1. The molecule has 1 aromatic carbocycles. The molecule has 3 heterocycles. The molecule has 0 aliphatic carbocycles. The van der Waals surface area contributed by atoms with Crippen molar-refractivity contribution in [3.63, 3.8) is 0 Å². The van der Waals surface area contributed by atoms with Gasteiger partial charge in [-0.1, -0.05) is 35.5 Å². The highest BCUT2D eigenvalue weighted by Gasteiger charge is 2.27. The predicted molar refractivity (Wildman–Crippen MR) is 112 cm³/mol. The van der Waals surface area contributed by atoms with Crippen LogP contribution >= 0.6 is 0 Å². The molecular weight excluding hydrogens is 398 g/mol. The molecule has 0 bridgehead atoms. The molecule has 8 nitrogen and oxygen atoms in total. The van der Waals surface area contributed by atoms with E-state index in [0.717, 1.165) is 11.3 Å². The minimum Gasteiger partial charge on any atom is -0.467 e. The second-order valence-electron chi connectivity index (χ2n) is 7.17. The lowest BCUT2D eigenvalue weighted by molar-refractivity contribution is -0.143.